The van der Waals surface area contributed by atoms with Crippen molar-refractivity contribution in [3.05, 3.63) is 0 Å². The first-order valence-corrected chi connectivity index (χ1v) is 8.60. The van der Waals surface area contributed by atoms with Gasteiger partial charge in [0.15, 0.2) is 0 Å². The van der Waals surface area contributed by atoms with Crippen LogP contribution in [0.4, 0.5) is 0 Å². The molecule has 0 N–H and O–H groups in total. The molecule has 1 saturated carbocycles. The Kier molecular flexibility index (Phi) is 7.34. The van der Waals surface area contributed by atoms with Crippen molar-refractivity contribution < 1.29 is 0 Å². The van der Waals surface area contributed by atoms with Crippen molar-refractivity contribution in [3.8, 4) is 0 Å². The highest BCUT2D eigenvalue weighted by molar-refractivity contribution is 4.84. The monoisotopic (exact) mass is 252 g/mol. The first kappa shape index (κ1) is 16.1. The van der Waals surface area contributed by atoms with Gasteiger partial charge >= 0.3 is 0 Å². The average Bonchev–Trinajstić information content (AvgIpc) is 2.33. The average molecular weight is 252 g/mol. The van der Waals surface area contributed by atoms with Gasteiger partial charge in [-0.3, -0.25) is 0 Å². The van der Waals surface area contributed by atoms with Gasteiger partial charge in [-0.2, -0.15) is 0 Å². The fourth-order valence-electron chi connectivity index (χ4n) is 4.14. The Hall–Kier alpha value is 0. The predicted octanol–water partition coefficient (Wildman–Crippen LogP) is 6.30. The van der Waals surface area contributed by atoms with Gasteiger partial charge < -0.3 is 0 Å². The molecule has 1 aliphatic carbocycles. The molecule has 0 heteroatoms. The van der Waals surface area contributed by atoms with Crippen LogP contribution in [0, 0.1) is 29.6 Å². The van der Waals surface area contributed by atoms with Crippen molar-refractivity contribution in [1.29, 1.82) is 0 Å². The third kappa shape index (κ3) is 4.59. The minimum absolute atomic E-state index is 0.953. The van der Waals surface area contributed by atoms with Crippen LogP contribution in [0.3, 0.4) is 0 Å². The molecule has 0 saturated heterocycles. The van der Waals surface area contributed by atoms with E-state index in [0.29, 0.717) is 0 Å². The largest absolute Gasteiger partial charge is 0.0654 e. The van der Waals surface area contributed by atoms with Gasteiger partial charge in [-0.05, 0) is 42.4 Å². The van der Waals surface area contributed by atoms with Crippen molar-refractivity contribution in [1.82, 2.24) is 0 Å². The van der Waals surface area contributed by atoms with E-state index in [1.165, 1.54) is 51.4 Å². The van der Waals surface area contributed by atoms with Crippen LogP contribution in [0.1, 0.15) is 86.0 Å². The van der Waals surface area contributed by atoms with E-state index in [1.807, 2.05) is 0 Å². The zero-order chi connectivity index (χ0) is 13.5. The summed E-state index contributed by atoms with van der Waals surface area (Å²) in [6.07, 6.45) is 11.6. The summed E-state index contributed by atoms with van der Waals surface area (Å²) in [6.45, 7) is 12.2. The summed E-state index contributed by atoms with van der Waals surface area (Å²) in [5, 5.41) is 0. The van der Waals surface area contributed by atoms with Gasteiger partial charge in [0.1, 0.15) is 0 Å². The van der Waals surface area contributed by atoms with Gasteiger partial charge in [0.2, 0.25) is 0 Å². The van der Waals surface area contributed by atoms with Crippen molar-refractivity contribution in [2.24, 2.45) is 29.6 Å². The third-order valence-electron chi connectivity index (χ3n) is 5.53. The lowest BCUT2D eigenvalue weighted by Crippen LogP contribution is -2.32. The van der Waals surface area contributed by atoms with Crippen molar-refractivity contribution in [3.63, 3.8) is 0 Å². The Morgan fingerprint density at radius 3 is 2.06 bits per heavy atom. The molecule has 0 amide bonds. The highest BCUT2D eigenvalue weighted by Gasteiger charge is 2.34. The number of hydrogen-bond acceptors (Lipinski definition) is 0. The second-order valence-corrected chi connectivity index (χ2v) is 7.11. The lowest BCUT2D eigenvalue weighted by molar-refractivity contribution is 0.0864. The molecule has 5 atom stereocenters. The summed E-state index contributed by atoms with van der Waals surface area (Å²) in [4.78, 5) is 0. The maximum Gasteiger partial charge on any atom is -0.0357 e. The molecular weight excluding hydrogens is 216 g/mol. The van der Waals surface area contributed by atoms with Crippen LogP contribution in [-0.2, 0) is 0 Å². The van der Waals surface area contributed by atoms with Gasteiger partial charge in [0.05, 0.1) is 0 Å². The highest BCUT2D eigenvalue weighted by atomic mass is 14.4. The van der Waals surface area contributed by atoms with Gasteiger partial charge in [0.25, 0.3) is 0 Å². The van der Waals surface area contributed by atoms with Gasteiger partial charge in [-0.25, -0.2) is 0 Å². The second kappa shape index (κ2) is 8.23. The second-order valence-electron chi connectivity index (χ2n) is 7.11. The lowest BCUT2D eigenvalue weighted by atomic mass is 9.64. The summed E-state index contributed by atoms with van der Waals surface area (Å²) in [6, 6.07) is 0. The van der Waals surface area contributed by atoms with Crippen molar-refractivity contribution in [2.45, 2.75) is 86.0 Å². The molecule has 0 heterocycles. The molecule has 0 aromatic heterocycles. The lowest BCUT2D eigenvalue weighted by Gasteiger charge is -2.41. The fraction of sp³-hybridized carbons (Fsp3) is 1.00. The smallest absolute Gasteiger partial charge is 0.0357 e. The molecule has 108 valence electrons. The molecule has 5 unspecified atom stereocenters. The van der Waals surface area contributed by atoms with Gasteiger partial charge in [0, 0.05) is 0 Å². The van der Waals surface area contributed by atoms with Crippen LogP contribution in [-0.4, -0.2) is 0 Å². The molecule has 0 radical (unpaired) electrons. The van der Waals surface area contributed by atoms with E-state index in [2.05, 4.69) is 34.6 Å². The molecule has 1 fully saturated rings. The van der Waals surface area contributed by atoms with Crippen LogP contribution in [0.15, 0.2) is 0 Å². The minimum Gasteiger partial charge on any atom is -0.0654 e. The van der Waals surface area contributed by atoms with Gasteiger partial charge in [-0.1, -0.05) is 73.1 Å². The van der Waals surface area contributed by atoms with E-state index < -0.39 is 0 Å². The molecule has 0 aliphatic heterocycles. The molecule has 0 bridgehead atoms. The predicted molar refractivity (Wildman–Crippen MR) is 82.8 cm³/mol. The Morgan fingerprint density at radius 1 is 0.778 bits per heavy atom. The zero-order valence-electron chi connectivity index (χ0n) is 13.5. The van der Waals surface area contributed by atoms with E-state index in [-0.39, 0.29) is 0 Å². The normalized spacial score (nSPS) is 34.5. The zero-order valence-corrected chi connectivity index (χ0v) is 13.5. The summed E-state index contributed by atoms with van der Waals surface area (Å²) >= 11 is 0. The van der Waals surface area contributed by atoms with E-state index in [4.69, 9.17) is 0 Å². The third-order valence-corrected chi connectivity index (χ3v) is 5.53. The molecular formula is C18H36. The summed E-state index contributed by atoms with van der Waals surface area (Å²) < 4.78 is 0. The number of hydrogen-bond donors (Lipinski definition) is 0. The number of rotatable bonds is 7. The Morgan fingerprint density at radius 2 is 1.44 bits per heavy atom. The maximum atomic E-state index is 2.52. The first-order valence-electron chi connectivity index (χ1n) is 8.60. The summed E-state index contributed by atoms with van der Waals surface area (Å²) in [7, 11) is 0. The Bertz CT molecular complexity index is 208. The maximum absolute atomic E-state index is 2.52. The van der Waals surface area contributed by atoms with Crippen LogP contribution in [0.2, 0.25) is 0 Å². The summed E-state index contributed by atoms with van der Waals surface area (Å²) in [5.74, 6) is 4.92. The fourth-order valence-corrected chi connectivity index (χ4v) is 4.14. The Balaban J connectivity index is 2.54. The van der Waals surface area contributed by atoms with Crippen LogP contribution in [0.5, 0.6) is 0 Å². The summed E-state index contributed by atoms with van der Waals surface area (Å²) in [5.41, 5.74) is 0. The SMILES string of the molecule is CCCCCC(CCC)C1CC(C)C(C)CC1C. The van der Waals surface area contributed by atoms with E-state index in [9.17, 15) is 0 Å². The van der Waals surface area contributed by atoms with Crippen molar-refractivity contribution in [2.75, 3.05) is 0 Å². The molecule has 18 heavy (non-hydrogen) atoms. The molecule has 0 aromatic carbocycles. The minimum atomic E-state index is 0.953. The van der Waals surface area contributed by atoms with Crippen LogP contribution >= 0.6 is 0 Å². The van der Waals surface area contributed by atoms with Crippen LogP contribution in [0.25, 0.3) is 0 Å². The molecule has 0 nitrogen and oxygen atoms in total. The molecule has 0 aromatic rings. The first-order chi connectivity index (χ1) is 8.60. The standard InChI is InChI=1S/C18H36/c1-6-8-9-11-17(10-7-2)18-13-15(4)14(3)12-16(18)5/h14-18H,6-13H2,1-5H3. The molecule has 1 rings (SSSR count). The van der Waals surface area contributed by atoms with E-state index in [1.54, 1.807) is 0 Å². The van der Waals surface area contributed by atoms with Crippen LogP contribution < -0.4 is 0 Å². The van der Waals surface area contributed by atoms with E-state index >= 15 is 0 Å². The Labute approximate surface area is 116 Å². The highest BCUT2D eigenvalue weighted by Crippen LogP contribution is 2.43. The van der Waals surface area contributed by atoms with E-state index in [0.717, 1.165) is 29.6 Å². The number of unbranched alkanes of at least 4 members (excludes halogenated alkanes) is 2. The van der Waals surface area contributed by atoms with Gasteiger partial charge in [-0.15, -0.1) is 0 Å². The molecule has 1 aliphatic rings. The van der Waals surface area contributed by atoms with Crippen molar-refractivity contribution >= 4 is 0 Å². The molecule has 0 spiro atoms. The topological polar surface area (TPSA) is 0 Å². The quantitative estimate of drug-likeness (QED) is 0.466.